The van der Waals surface area contributed by atoms with Crippen LogP contribution >= 0.6 is 0 Å². The maximum Gasteiger partial charge on any atom is 0.320 e. The molecule has 1 aliphatic heterocycles. The normalized spacial score (nSPS) is 17.8. The SMILES string of the molecule is CCCCCCCCCCCCCC1CC(=O)N1CCCCC(N)C(=O)O. The molecule has 158 valence electrons. The summed E-state index contributed by atoms with van der Waals surface area (Å²) in [5.74, 6) is -0.685. The molecule has 1 amide bonds. The van der Waals surface area contributed by atoms with Crippen molar-refractivity contribution in [3.05, 3.63) is 0 Å². The Bertz CT molecular complexity index is 414. The number of aliphatic carboxylic acids is 1. The molecule has 0 aromatic rings. The highest BCUT2D eigenvalue weighted by atomic mass is 16.4. The number of carbonyl (C=O) groups is 2. The van der Waals surface area contributed by atoms with Crippen LogP contribution in [0.15, 0.2) is 0 Å². The summed E-state index contributed by atoms with van der Waals surface area (Å²) in [5.41, 5.74) is 5.51. The fraction of sp³-hybridized carbons (Fsp3) is 0.909. The van der Waals surface area contributed by atoms with Crippen LogP contribution in [0.1, 0.15) is 110 Å². The molecule has 5 heteroatoms. The van der Waals surface area contributed by atoms with Crippen molar-refractivity contribution in [2.24, 2.45) is 5.73 Å². The van der Waals surface area contributed by atoms with E-state index in [2.05, 4.69) is 6.92 Å². The largest absolute Gasteiger partial charge is 0.480 e. The number of rotatable bonds is 18. The van der Waals surface area contributed by atoms with Crippen LogP contribution in [0.5, 0.6) is 0 Å². The molecule has 1 aliphatic rings. The molecule has 0 bridgehead atoms. The molecule has 1 saturated heterocycles. The highest BCUT2D eigenvalue weighted by Crippen LogP contribution is 2.25. The standard InChI is InChI=1S/C22H42N2O3/c1-2-3-4-5-6-7-8-9-10-11-12-15-19-18-21(25)24(19)17-14-13-16-20(23)22(26)27/h19-20H,2-18,23H2,1H3,(H,26,27). The Morgan fingerprint density at radius 3 is 2.07 bits per heavy atom. The zero-order chi connectivity index (χ0) is 19.9. The van der Waals surface area contributed by atoms with E-state index in [0.717, 1.165) is 25.8 Å². The van der Waals surface area contributed by atoms with E-state index >= 15 is 0 Å². The number of nitrogens with two attached hydrogens (primary N) is 1. The number of carboxylic acid groups (broad SMARTS) is 1. The van der Waals surface area contributed by atoms with Crippen molar-refractivity contribution in [2.75, 3.05) is 6.54 Å². The zero-order valence-electron chi connectivity index (χ0n) is 17.5. The summed E-state index contributed by atoms with van der Waals surface area (Å²) in [6.07, 6.45) is 18.8. The van der Waals surface area contributed by atoms with Gasteiger partial charge in [0.15, 0.2) is 0 Å². The number of unbranched alkanes of at least 4 members (excludes halogenated alkanes) is 11. The molecule has 0 spiro atoms. The van der Waals surface area contributed by atoms with E-state index in [1.54, 1.807) is 0 Å². The first-order chi connectivity index (χ1) is 13.1. The van der Waals surface area contributed by atoms with Crippen molar-refractivity contribution < 1.29 is 14.7 Å². The van der Waals surface area contributed by atoms with Gasteiger partial charge < -0.3 is 15.7 Å². The minimum atomic E-state index is -0.940. The van der Waals surface area contributed by atoms with Crippen LogP contribution in [0.4, 0.5) is 0 Å². The van der Waals surface area contributed by atoms with Crippen molar-refractivity contribution in [1.82, 2.24) is 4.90 Å². The van der Waals surface area contributed by atoms with E-state index in [1.807, 2.05) is 4.90 Å². The second kappa shape index (κ2) is 14.9. The number of carbonyl (C=O) groups excluding carboxylic acids is 1. The Morgan fingerprint density at radius 2 is 1.56 bits per heavy atom. The first-order valence-electron chi connectivity index (χ1n) is 11.3. The quantitative estimate of drug-likeness (QED) is 0.262. The van der Waals surface area contributed by atoms with Crippen molar-refractivity contribution in [2.45, 2.75) is 122 Å². The molecule has 1 fully saturated rings. The van der Waals surface area contributed by atoms with Crippen molar-refractivity contribution >= 4 is 11.9 Å². The maximum atomic E-state index is 11.8. The van der Waals surface area contributed by atoms with Crippen LogP contribution in [0, 0.1) is 0 Å². The van der Waals surface area contributed by atoms with Gasteiger partial charge in [0, 0.05) is 19.0 Å². The highest BCUT2D eigenvalue weighted by Gasteiger charge is 2.34. The second-order valence-corrected chi connectivity index (χ2v) is 8.21. The van der Waals surface area contributed by atoms with Gasteiger partial charge in [0.2, 0.25) is 5.91 Å². The Labute approximate surface area is 166 Å². The molecule has 1 rings (SSSR count). The molecule has 3 N–H and O–H groups in total. The first kappa shape index (κ1) is 23.9. The van der Waals surface area contributed by atoms with Gasteiger partial charge in [0.1, 0.15) is 6.04 Å². The third-order valence-electron chi connectivity index (χ3n) is 5.79. The van der Waals surface area contributed by atoms with Gasteiger partial charge in [-0.15, -0.1) is 0 Å². The summed E-state index contributed by atoms with van der Waals surface area (Å²) in [5, 5.41) is 8.77. The van der Waals surface area contributed by atoms with E-state index < -0.39 is 12.0 Å². The number of carboxylic acids is 1. The Balaban J connectivity index is 1.94. The Kier molecular flexibility index (Phi) is 13.2. The molecule has 0 aromatic heterocycles. The van der Waals surface area contributed by atoms with E-state index in [9.17, 15) is 9.59 Å². The van der Waals surface area contributed by atoms with Gasteiger partial charge in [-0.25, -0.2) is 0 Å². The monoisotopic (exact) mass is 382 g/mol. The Morgan fingerprint density at radius 1 is 1.00 bits per heavy atom. The van der Waals surface area contributed by atoms with Crippen LogP contribution in [0.3, 0.4) is 0 Å². The van der Waals surface area contributed by atoms with Gasteiger partial charge in [-0.1, -0.05) is 77.6 Å². The molecule has 0 saturated carbocycles. The van der Waals surface area contributed by atoms with Gasteiger partial charge in [-0.3, -0.25) is 9.59 Å². The summed E-state index contributed by atoms with van der Waals surface area (Å²) in [6, 6.07) is -0.353. The molecule has 2 unspecified atom stereocenters. The van der Waals surface area contributed by atoms with E-state index in [0.29, 0.717) is 18.9 Å². The molecule has 27 heavy (non-hydrogen) atoms. The van der Waals surface area contributed by atoms with E-state index in [1.165, 1.54) is 70.6 Å². The molecule has 0 radical (unpaired) electrons. The molecule has 2 atom stereocenters. The predicted molar refractivity (Wildman–Crippen MR) is 111 cm³/mol. The van der Waals surface area contributed by atoms with Crippen molar-refractivity contribution in [3.8, 4) is 0 Å². The Hall–Kier alpha value is -1.10. The van der Waals surface area contributed by atoms with Gasteiger partial charge in [0.05, 0.1) is 0 Å². The lowest BCUT2D eigenvalue weighted by Crippen LogP contribution is -2.52. The minimum Gasteiger partial charge on any atom is -0.480 e. The third kappa shape index (κ3) is 10.7. The molecular weight excluding hydrogens is 340 g/mol. The molecule has 0 aliphatic carbocycles. The van der Waals surface area contributed by atoms with Gasteiger partial charge in [-0.2, -0.15) is 0 Å². The van der Waals surface area contributed by atoms with Crippen molar-refractivity contribution in [1.29, 1.82) is 0 Å². The van der Waals surface area contributed by atoms with E-state index in [-0.39, 0.29) is 5.91 Å². The topological polar surface area (TPSA) is 83.6 Å². The molecule has 5 nitrogen and oxygen atoms in total. The lowest BCUT2D eigenvalue weighted by atomic mass is 9.94. The van der Waals surface area contributed by atoms with Crippen LogP contribution < -0.4 is 5.73 Å². The van der Waals surface area contributed by atoms with Gasteiger partial charge in [0.25, 0.3) is 0 Å². The average Bonchev–Trinajstić information content (AvgIpc) is 2.64. The van der Waals surface area contributed by atoms with E-state index in [4.69, 9.17) is 10.8 Å². The maximum absolute atomic E-state index is 11.8. The fourth-order valence-electron chi connectivity index (χ4n) is 3.90. The first-order valence-corrected chi connectivity index (χ1v) is 11.3. The summed E-state index contributed by atoms with van der Waals surface area (Å²) >= 11 is 0. The summed E-state index contributed by atoms with van der Waals surface area (Å²) in [6.45, 7) is 3.02. The molecule has 1 heterocycles. The molecule has 0 aromatic carbocycles. The number of hydrogen-bond donors (Lipinski definition) is 2. The van der Waals surface area contributed by atoms with Crippen LogP contribution in [-0.4, -0.2) is 40.5 Å². The van der Waals surface area contributed by atoms with Crippen LogP contribution in [-0.2, 0) is 9.59 Å². The van der Waals surface area contributed by atoms with Crippen LogP contribution in [0.25, 0.3) is 0 Å². The van der Waals surface area contributed by atoms with Gasteiger partial charge in [-0.05, 0) is 25.7 Å². The number of β-lactam (4-membered cyclic amide) rings is 1. The molecular formula is C22H42N2O3. The smallest absolute Gasteiger partial charge is 0.320 e. The fourth-order valence-corrected chi connectivity index (χ4v) is 3.90. The summed E-state index contributed by atoms with van der Waals surface area (Å²) in [7, 11) is 0. The average molecular weight is 383 g/mol. The summed E-state index contributed by atoms with van der Waals surface area (Å²) < 4.78 is 0. The van der Waals surface area contributed by atoms with Crippen molar-refractivity contribution in [3.63, 3.8) is 0 Å². The summed E-state index contributed by atoms with van der Waals surface area (Å²) in [4.78, 5) is 24.5. The highest BCUT2D eigenvalue weighted by molar-refractivity contribution is 5.83. The van der Waals surface area contributed by atoms with Crippen LogP contribution in [0.2, 0.25) is 0 Å². The number of amides is 1. The zero-order valence-corrected chi connectivity index (χ0v) is 17.5. The predicted octanol–water partition coefficient (Wildman–Crippen LogP) is 4.87. The minimum absolute atomic E-state index is 0.255. The third-order valence-corrected chi connectivity index (χ3v) is 5.79. The number of hydrogen-bond acceptors (Lipinski definition) is 3. The van der Waals surface area contributed by atoms with Gasteiger partial charge >= 0.3 is 5.97 Å². The second-order valence-electron chi connectivity index (χ2n) is 8.21. The lowest BCUT2D eigenvalue weighted by Gasteiger charge is -2.41. The lowest BCUT2D eigenvalue weighted by molar-refractivity contribution is -0.146. The number of nitrogens with zero attached hydrogens (tertiary/aromatic N) is 1. The number of likely N-dealkylation sites (tertiary alicyclic amines) is 1.